The van der Waals surface area contributed by atoms with Gasteiger partial charge in [0.05, 0.1) is 6.54 Å². The molecule has 2 heterocycles. The van der Waals surface area contributed by atoms with E-state index in [9.17, 15) is 9.59 Å². The lowest BCUT2D eigenvalue weighted by atomic mass is 9.98. The van der Waals surface area contributed by atoms with Crippen LogP contribution in [-0.2, 0) is 22.6 Å². The molecule has 112 valence electrons. The normalized spacial score (nSPS) is 20.1. The number of benzene rings is 1. The highest BCUT2D eigenvalue weighted by Crippen LogP contribution is 2.19. The van der Waals surface area contributed by atoms with Crippen molar-refractivity contribution in [3.63, 3.8) is 0 Å². The van der Waals surface area contributed by atoms with Crippen LogP contribution in [-0.4, -0.2) is 48.2 Å². The van der Waals surface area contributed by atoms with Crippen LogP contribution in [0.3, 0.4) is 0 Å². The average molecular weight is 286 g/mol. The number of rotatable bonds is 3. The smallest absolute Gasteiger partial charge is 0.237 e. The second-order valence-electron chi connectivity index (χ2n) is 6.08. The van der Waals surface area contributed by atoms with E-state index in [2.05, 4.69) is 23.1 Å². The summed E-state index contributed by atoms with van der Waals surface area (Å²) in [7, 11) is 0. The first kappa shape index (κ1) is 14.3. The molecule has 0 bridgehead atoms. The summed E-state index contributed by atoms with van der Waals surface area (Å²) in [6.07, 6.45) is 3.79. The van der Waals surface area contributed by atoms with E-state index in [0.717, 1.165) is 51.7 Å². The van der Waals surface area contributed by atoms with E-state index in [1.54, 1.807) is 0 Å². The summed E-state index contributed by atoms with van der Waals surface area (Å²) in [4.78, 5) is 27.4. The summed E-state index contributed by atoms with van der Waals surface area (Å²) < 4.78 is 0. The Labute approximate surface area is 125 Å². The number of carbonyl (C=O) groups excluding carboxylic acids is 2. The lowest BCUT2D eigenvalue weighted by molar-refractivity contribution is -0.133. The van der Waals surface area contributed by atoms with E-state index >= 15 is 0 Å². The number of hydrogen-bond acceptors (Lipinski definition) is 3. The summed E-state index contributed by atoms with van der Waals surface area (Å²) in [6.45, 7) is 3.77. The fourth-order valence-corrected chi connectivity index (χ4v) is 3.25. The summed E-state index contributed by atoms with van der Waals surface area (Å²) in [6, 6.07) is 8.37. The number of nitrogens with zero attached hydrogens (tertiary/aromatic N) is 2. The molecule has 1 aromatic rings. The maximum atomic E-state index is 12.4. The Morgan fingerprint density at radius 1 is 1.14 bits per heavy atom. The van der Waals surface area contributed by atoms with Gasteiger partial charge in [0.25, 0.3) is 0 Å². The minimum Gasteiger partial charge on any atom is -0.337 e. The van der Waals surface area contributed by atoms with Crippen molar-refractivity contribution < 1.29 is 9.59 Å². The van der Waals surface area contributed by atoms with Crippen LogP contribution in [0, 0.1) is 5.92 Å². The van der Waals surface area contributed by atoms with Gasteiger partial charge >= 0.3 is 0 Å². The van der Waals surface area contributed by atoms with Crippen molar-refractivity contribution in [2.75, 3.05) is 26.2 Å². The topological polar surface area (TPSA) is 40.6 Å². The average Bonchev–Trinajstić information content (AvgIpc) is 2.55. The Balaban J connectivity index is 1.54. The number of aldehydes is 1. The zero-order valence-corrected chi connectivity index (χ0v) is 12.3. The van der Waals surface area contributed by atoms with Crippen LogP contribution in [0.2, 0.25) is 0 Å². The van der Waals surface area contributed by atoms with E-state index in [1.165, 1.54) is 11.1 Å². The van der Waals surface area contributed by atoms with Gasteiger partial charge in [-0.1, -0.05) is 24.3 Å². The molecule has 0 unspecified atom stereocenters. The van der Waals surface area contributed by atoms with Gasteiger partial charge in [-0.3, -0.25) is 9.69 Å². The summed E-state index contributed by atoms with van der Waals surface area (Å²) in [5.74, 6) is 0.410. The van der Waals surface area contributed by atoms with E-state index in [1.807, 2.05) is 11.0 Å². The van der Waals surface area contributed by atoms with Crippen molar-refractivity contribution >= 4 is 12.2 Å². The Kier molecular flexibility index (Phi) is 4.34. The molecule has 1 aromatic carbocycles. The van der Waals surface area contributed by atoms with Crippen molar-refractivity contribution in [1.29, 1.82) is 0 Å². The molecule has 0 aromatic heterocycles. The molecule has 4 nitrogen and oxygen atoms in total. The van der Waals surface area contributed by atoms with E-state index in [0.29, 0.717) is 6.54 Å². The summed E-state index contributed by atoms with van der Waals surface area (Å²) in [5.41, 5.74) is 2.64. The van der Waals surface area contributed by atoms with Gasteiger partial charge in [0.1, 0.15) is 6.29 Å². The van der Waals surface area contributed by atoms with Gasteiger partial charge in [0.15, 0.2) is 0 Å². The quantitative estimate of drug-likeness (QED) is 0.790. The van der Waals surface area contributed by atoms with Gasteiger partial charge in [0, 0.05) is 19.0 Å². The van der Waals surface area contributed by atoms with Gasteiger partial charge in [-0.15, -0.1) is 0 Å². The third-order valence-corrected chi connectivity index (χ3v) is 4.67. The minimum atomic E-state index is 0.193. The standard InChI is InChI=1S/C17H22N2O2/c20-13-14-5-8-18(9-6-14)12-17(21)19-10-7-15-3-1-2-4-16(15)11-19/h1-4,13-14H,5-12H2. The van der Waals surface area contributed by atoms with Gasteiger partial charge in [-0.2, -0.15) is 0 Å². The number of amides is 1. The molecular formula is C17H22N2O2. The molecule has 2 aliphatic rings. The number of likely N-dealkylation sites (tertiary alicyclic amines) is 1. The lowest BCUT2D eigenvalue weighted by Gasteiger charge is -2.33. The second-order valence-corrected chi connectivity index (χ2v) is 6.08. The highest BCUT2D eigenvalue weighted by molar-refractivity contribution is 5.78. The first-order chi connectivity index (χ1) is 10.3. The molecule has 0 N–H and O–H groups in total. The van der Waals surface area contributed by atoms with Crippen LogP contribution >= 0.6 is 0 Å². The van der Waals surface area contributed by atoms with Gasteiger partial charge in [-0.25, -0.2) is 0 Å². The maximum absolute atomic E-state index is 12.4. The minimum absolute atomic E-state index is 0.193. The van der Waals surface area contributed by atoms with Crippen LogP contribution in [0.5, 0.6) is 0 Å². The molecule has 0 atom stereocenters. The summed E-state index contributed by atoms with van der Waals surface area (Å²) in [5, 5.41) is 0. The van der Waals surface area contributed by atoms with Crippen molar-refractivity contribution in [2.24, 2.45) is 5.92 Å². The van der Waals surface area contributed by atoms with Gasteiger partial charge in [-0.05, 0) is 43.5 Å². The van der Waals surface area contributed by atoms with E-state index in [-0.39, 0.29) is 11.8 Å². The molecule has 1 amide bonds. The van der Waals surface area contributed by atoms with Crippen molar-refractivity contribution in [2.45, 2.75) is 25.8 Å². The predicted octanol–water partition coefficient (Wildman–Crippen LogP) is 1.48. The molecule has 1 saturated heterocycles. The first-order valence-corrected chi connectivity index (χ1v) is 7.78. The number of fused-ring (bicyclic) bond motifs is 1. The number of piperidine rings is 1. The molecule has 21 heavy (non-hydrogen) atoms. The fraction of sp³-hybridized carbons (Fsp3) is 0.529. The van der Waals surface area contributed by atoms with Crippen LogP contribution < -0.4 is 0 Å². The van der Waals surface area contributed by atoms with Crippen molar-refractivity contribution in [1.82, 2.24) is 9.80 Å². The fourth-order valence-electron chi connectivity index (χ4n) is 3.25. The molecule has 0 saturated carbocycles. The van der Waals surface area contributed by atoms with E-state index < -0.39 is 0 Å². The molecule has 4 heteroatoms. The second kappa shape index (κ2) is 6.39. The SMILES string of the molecule is O=CC1CCN(CC(=O)N2CCc3ccccc3C2)CC1. The molecule has 0 aliphatic carbocycles. The summed E-state index contributed by atoms with van der Waals surface area (Å²) >= 11 is 0. The Morgan fingerprint density at radius 2 is 1.86 bits per heavy atom. The molecule has 3 rings (SSSR count). The highest BCUT2D eigenvalue weighted by Gasteiger charge is 2.24. The third-order valence-electron chi connectivity index (χ3n) is 4.67. The molecule has 1 fully saturated rings. The Morgan fingerprint density at radius 3 is 2.57 bits per heavy atom. The maximum Gasteiger partial charge on any atom is 0.237 e. The first-order valence-electron chi connectivity index (χ1n) is 7.78. The molecular weight excluding hydrogens is 264 g/mol. The number of hydrogen-bond donors (Lipinski definition) is 0. The van der Waals surface area contributed by atoms with Crippen molar-refractivity contribution in [3.8, 4) is 0 Å². The Hall–Kier alpha value is -1.68. The van der Waals surface area contributed by atoms with Crippen molar-refractivity contribution in [3.05, 3.63) is 35.4 Å². The van der Waals surface area contributed by atoms with Crippen LogP contribution in [0.1, 0.15) is 24.0 Å². The molecule has 0 radical (unpaired) electrons. The lowest BCUT2D eigenvalue weighted by Crippen LogP contribution is -2.45. The largest absolute Gasteiger partial charge is 0.337 e. The molecule has 0 spiro atoms. The monoisotopic (exact) mass is 286 g/mol. The van der Waals surface area contributed by atoms with Crippen LogP contribution in [0.25, 0.3) is 0 Å². The predicted molar refractivity (Wildman–Crippen MR) is 80.8 cm³/mol. The zero-order valence-electron chi connectivity index (χ0n) is 12.3. The Bertz CT molecular complexity index is 521. The molecule has 2 aliphatic heterocycles. The zero-order chi connectivity index (χ0) is 14.7. The number of carbonyl (C=O) groups is 2. The van der Waals surface area contributed by atoms with Crippen LogP contribution in [0.15, 0.2) is 24.3 Å². The van der Waals surface area contributed by atoms with Gasteiger partial charge < -0.3 is 9.69 Å². The van der Waals surface area contributed by atoms with E-state index in [4.69, 9.17) is 0 Å². The third kappa shape index (κ3) is 3.32. The van der Waals surface area contributed by atoms with Gasteiger partial charge in [0.2, 0.25) is 5.91 Å². The van der Waals surface area contributed by atoms with Crippen LogP contribution in [0.4, 0.5) is 0 Å². The highest BCUT2D eigenvalue weighted by atomic mass is 16.2.